The van der Waals surface area contributed by atoms with E-state index in [1.165, 1.54) is 32.6 Å². The van der Waals surface area contributed by atoms with Crippen LogP contribution in [0.1, 0.15) is 52.4 Å². The van der Waals surface area contributed by atoms with E-state index in [1.54, 1.807) is 0 Å². The van der Waals surface area contributed by atoms with Gasteiger partial charge in [0.15, 0.2) is 0 Å². The standard InChI is InChI=1S/C10H20BO4.C6H5N3.Na/c1-3-4-5-6-7-8-9-14-11(13)15-10(2)12;1-2-4-6-5(3-1)7-9-8-6;/h3-9H2,1-2H3;1-4H,(H,7,8,9);/q-1;;+1. The number of nitrogens with one attached hydrogen (secondary N) is 1. The van der Waals surface area contributed by atoms with Crippen molar-refractivity contribution in [3.8, 4) is 0 Å². The van der Waals surface area contributed by atoms with Crippen LogP contribution < -0.4 is 34.6 Å². The molecule has 0 unspecified atom stereocenters. The topological polar surface area (TPSA) is 100 Å². The minimum atomic E-state index is -1.65. The van der Waals surface area contributed by atoms with E-state index in [9.17, 15) is 9.82 Å². The molecule has 0 amide bonds. The normalized spacial score (nSPS) is 9.72. The van der Waals surface area contributed by atoms with Crippen LogP contribution >= 0.6 is 0 Å². The van der Waals surface area contributed by atoms with E-state index in [4.69, 9.17) is 4.65 Å². The van der Waals surface area contributed by atoms with Gasteiger partial charge in [-0.1, -0.05) is 56.4 Å². The van der Waals surface area contributed by atoms with Crippen molar-refractivity contribution in [1.82, 2.24) is 15.4 Å². The maximum Gasteiger partial charge on any atom is 1.00 e. The number of hydrogen-bond acceptors (Lipinski definition) is 6. The van der Waals surface area contributed by atoms with Crippen LogP contribution in [0.2, 0.25) is 0 Å². The molecule has 0 aliphatic carbocycles. The van der Waals surface area contributed by atoms with Crippen molar-refractivity contribution in [2.45, 2.75) is 52.4 Å². The molecule has 0 radical (unpaired) electrons. The van der Waals surface area contributed by atoms with Crippen LogP contribution in [-0.2, 0) is 14.1 Å². The zero-order valence-corrected chi connectivity index (χ0v) is 17.4. The number of aromatic amines is 1. The Morgan fingerprint density at radius 3 is 2.56 bits per heavy atom. The number of unbranched alkanes of at least 4 members (excludes halogenated alkanes) is 5. The monoisotopic (exact) mass is 357 g/mol. The molecule has 9 heteroatoms. The summed E-state index contributed by atoms with van der Waals surface area (Å²) in [6, 6.07) is 7.74. The molecule has 25 heavy (non-hydrogen) atoms. The van der Waals surface area contributed by atoms with Gasteiger partial charge >= 0.3 is 36.9 Å². The quantitative estimate of drug-likeness (QED) is 0.468. The van der Waals surface area contributed by atoms with E-state index >= 15 is 0 Å². The number of H-pyrrole nitrogens is 1. The molecule has 0 bridgehead atoms. The van der Waals surface area contributed by atoms with Gasteiger partial charge in [-0.2, -0.15) is 0 Å². The summed E-state index contributed by atoms with van der Waals surface area (Å²) in [6.07, 6.45) is 6.82. The molecular formula is C16H25BN3NaO4. The third kappa shape index (κ3) is 12.1. The van der Waals surface area contributed by atoms with Crippen molar-refractivity contribution in [3.63, 3.8) is 0 Å². The van der Waals surface area contributed by atoms with E-state index in [0.29, 0.717) is 6.61 Å². The fourth-order valence-electron chi connectivity index (χ4n) is 2.02. The molecule has 7 nitrogen and oxygen atoms in total. The van der Waals surface area contributed by atoms with Crippen LogP contribution in [0.15, 0.2) is 24.3 Å². The number of benzene rings is 1. The predicted octanol–water partition coefficient (Wildman–Crippen LogP) is -0.766. The number of nitrogens with zero attached hydrogens (tertiary/aromatic N) is 2. The zero-order chi connectivity index (χ0) is 17.6. The minimum Gasteiger partial charge on any atom is -0.820 e. The van der Waals surface area contributed by atoms with Gasteiger partial charge in [-0.15, -0.1) is 5.10 Å². The molecule has 0 saturated carbocycles. The van der Waals surface area contributed by atoms with Crippen LogP contribution in [0.25, 0.3) is 11.0 Å². The van der Waals surface area contributed by atoms with Crippen molar-refractivity contribution in [2.75, 3.05) is 6.61 Å². The van der Waals surface area contributed by atoms with Gasteiger partial charge in [0.05, 0.1) is 5.52 Å². The molecule has 0 saturated heterocycles. The fourth-order valence-corrected chi connectivity index (χ4v) is 2.02. The first-order valence-electron chi connectivity index (χ1n) is 8.34. The third-order valence-electron chi connectivity index (χ3n) is 3.25. The first-order chi connectivity index (χ1) is 11.6. The maximum absolute atomic E-state index is 10.8. The van der Waals surface area contributed by atoms with E-state index in [2.05, 4.69) is 27.0 Å². The van der Waals surface area contributed by atoms with Crippen LogP contribution in [0.5, 0.6) is 0 Å². The second-order valence-corrected chi connectivity index (χ2v) is 5.37. The number of aromatic nitrogens is 3. The summed E-state index contributed by atoms with van der Waals surface area (Å²) in [6.45, 7) is 3.73. The van der Waals surface area contributed by atoms with Gasteiger partial charge in [0.1, 0.15) is 5.52 Å². The van der Waals surface area contributed by atoms with E-state index in [0.717, 1.165) is 23.9 Å². The Morgan fingerprint density at radius 1 is 1.20 bits per heavy atom. The van der Waals surface area contributed by atoms with Crippen molar-refractivity contribution < 1.29 is 48.7 Å². The minimum absolute atomic E-state index is 0. The Hall–Kier alpha value is -0.925. The summed E-state index contributed by atoms with van der Waals surface area (Å²) >= 11 is 0. The Balaban J connectivity index is 0.000000486. The molecule has 0 fully saturated rings. The Morgan fingerprint density at radius 2 is 1.88 bits per heavy atom. The van der Waals surface area contributed by atoms with E-state index in [1.807, 2.05) is 24.3 Å². The third-order valence-corrected chi connectivity index (χ3v) is 3.25. The SMILES string of the molecule is CCCCCCCCOB([O-])OC(C)=O.[Na+].c1ccc2[nH]nnc2c1. The zero-order valence-electron chi connectivity index (χ0n) is 15.4. The van der Waals surface area contributed by atoms with Crippen molar-refractivity contribution in [1.29, 1.82) is 0 Å². The molecule has 132 valence electrons. The average Bonchev–Trinajstić information content (AvgIpc) is 3.02. The molecule has 0 aliphatic heterocycles. The van der Waals surface area contributed by atoms with Crippen LogP contribution in [0, 0.1) is 0 Å². The van der Waals surface area contributed by atoms with Crippen LogP contribution in [-0.4, -0.2) is 35.3 Å². The molecule has 0 atom stereocenters. The Kier molecular flexibility index (Phi) is 14.8. The summed E-state index contributed by atoms with van der Waals surface area (Å²) in [7, 11) is -1.65. The molecule has 1 heterocycles. The molecule has 0 aliphatic rings. The Labute approximate surface area is 171 Å². The molecule has 1 aromatic heterocycles. The number of para-hydroxylation sites is 1. The van der Waals surface area contributed by atoms with Gasteiger partial charge in [-0.25, -0.2) is 0 Å². The molecule has 0 spiro atoms. The first kappa shape index (κ1) is 24.1. The molecular weight excluding hydrogens is 332 g/mol. The van der Waals surface area contributed by atoms with Crippen LogP contribution in [0.3, 0.4) is 0 Å². The molecule has 2 rings (SSSR count). The van der Waals surface area contributed by atoms with Crippen molar-refractivity contribution >= 4 is 24.3 Å². The smallest absolute Gasteiger partial charge is 0.820 e. The largest absolute Gasteiger partial charge is 1.00 e. The van der Waals surface area contributed by atoms with Gasteiger partial charge in [-0.05, 0) is 18.6 Å². The van der Waals surface area contributed by atoms with E-state index < -0.39 is 13.3 Å². The fraction of sp³-hybridized carbons (Fsp3) is 0.562. The summed E-state index contributed by atoms with van der Waals surface area (Å²) in [5.74, 6) is -0.599. The van der Waals surface area contributed by atoms with Gasteiger partial charge < -0.3 is 14.3 Å². The molecule has 2 aromatic rings. The number of carbonyl (C=O) groups excluding carboxylic acids is 1. The molecule has 1 N–H and O–H groups in total. The predicted molar refractivity (Wildman–Crippen MR) is 90.7 cm³/mol. The maximum atomic E-state index is 10.8. The summed E-state index contributed by atoms with van der Waals surface area (Å²) in [5.41, 5.74) is 1.90. The second kappa shape index (κ2) is 15.3. The summed E-state index contributed by atoms with van der Waals surface area (Å²) in [5, 5.41) is 21.0. The number of hydrogen-bond donors (Lipinski definition) is 1. The first-order valence-corrected chi connectivity index (χ1v) is 8.34. The number of carbonyl (C=O) groups is 1. The van der Waals surface area contributed by atoms with E-state index in [-0.39, 0.29) is 29.6 Å². The number of fused-ring (bicyclic) bond motifs is 1. The van der Waals surface area contributed by atoms with Gasteiger partial charge in [0.2, 0.25) is 0 Å². The average molecular weight is 357 g/mol. The number of rotatable bonds is 9. The summed E-state index contributed by atoms with van der Waals surface area (Å²) < 4.78 is 9.04. The van der Waals surface area contributed by atoms with Crippen LogP contribution in [0.4, 0.5) is 0 Å². The van der Waals surface area contributed by atoms with Gasteiger partial charge in [0.25, 0.3) is 5.97 Å². The summed E-state index contributed by atoms with van der Waals surface area (Å²) in [4.78, 5) is 10.4. The van der Waals surface area contributed by atoms with Gasteiger partial charge in [0, 0.05) is 13.5 Å². The van der Waals surface area contributed by atoms with Crippen molar-refractivity contribution in [3.05, 3.63) is 24.3 Å². The van der Waals surface area contributed by atoms with Gasteiger partial charge in [-0.3, -0.25) is 9.89 Å². The second-order valence-electron chi connectivity index (χ2n) is 5.37. The molecule has 1 aromatic carbocycles. The Bertz CT molecular complexity index is 555. The van der Waals surface area contributed by atoms with Crippen molar-refractivity contribution in [2.24, 2.45) is 0 Å².